The quantitative estimate of drug-likeness (QED) is 0.908. The highest BCUT2D eigenvalue weighted by Crippen LogP contribution is 2.34. The highest BCUT2D eigenvalue weighted by atomic mass is 16.3. The van der Waals surface area contributed by atoms with Crippen molar-refractivity contribution in [3.8, 4) is 5.75 Å². The standard InChI is InChI=1S/C20H23N3O/c1-14-9-10-15-17(13-14)22(2)19(16-7-3-4-8-18(16)24)21-20(15)23-11-5-6-12-23/h3-4,7-10,13,17,24H,5-6,11-12H2,1-2H3. The van der Waals surface area contributed by atoms with Gasteiger partial charge >= 0.3 is 0 Å². The van der Waals surface area contributed by atoms with Crippen molar-refractivity contribution in [3.05, 3.63) is 65.0 Å². The summed E-state index contributed by atoms with van der Waals surface area (Å²) in [6.45, 7) is 4.24. The average molecular weight is 321 g/mol. The Balaban J connectivity index is 1.87. The first kappa shape index (κ1) is 15.1. The molecule has 4 heteroatoms. The molecule has 0 radical (unpaired) electrons. The first-order valence-electron chi connectivity index (χ1n) is 8.60. The van der Waals surface area contributed by atoms with E-state index in [9.17, 15) is 5.11 Å². The molecule has 1 aliphatic carbocycles. The number of phenolic OH excluding ortho intramolecular Hbond substituents is 1. The molecule has 124 valence electrons. The Bertz CT molecular complexity index is 782. The molecule has 0 bridgehead atoms. The number of para-hydroxylation sites is 1. The second-order valence-corrected chi connectivity index (χ2v) is 6.73. The third kappa shape index (κ3) is 2.42. The summed E-state index contributed by atoms with van der Waals surface area (Å²) in [5.41, 5.74) is 3.30. The number of aliphatic imine (C=N–C) groups is 1. The van der Waals surface area contributed by atoms with Crippen molar-refractivity contribution in [1.82, 2.24) is 9.80 Å². The lowest BCUT2D eigenvalue weighted by Crippen LogP contribution is -2.43. The Kier molecular flexibility index (Phi) is 3.68. The van der Waals surface area contributed by atoms with Gasteiger partial charge in [0.15, 0.2) is 0 Å². The fourth-order valence-corrected chi connectivity index (χ4v) is 3.71. The van der Waals surface area contributed by atoms with Crippen molar-refractivity contribution in [2.24, 2.45) is 4.99 Å². The van der Waals surface area contributed by atoms with Crippen LogP contribution in [0.25, 0.3) is 0 Å². The zero-order valence-corrected chi connectivity index (χ0v) is 14.2. The van der Waals surface area contributed by atoms with Crippen LogP contribution in [0.2, 0.25) is 0 Å². The number of allylic oxidation sites excluding steroid dienone is 2. The van der Waals surface area contributed by atoms with E-state index in [0.717, 1.165) is 30.3 Å². The molecule has 1 unspecified atom stereocenters. The predicted octanol–water partition coefficient (Wildman–Crippen LogP) is 3.28. The van der Waals surface area contributed by atoms with Gasteiger partial charge < -0.3 is 14.9 Å². The van der Waals surface area contributed by atoms with Gasteiger partial charge in [0.2, 0.25) is 0 Å². The first-order valence-corrected chi connectivity index (χ1v) is 8.60. The van der Waals surface area contributed by atoms with Crippen LogP contribution in [0.5, 0.6) is 5.75 Å². The molecule has 0 aromatic heterocycles. The molecule has 1 atom stereocenters. The molecule has 4 rings (SSSR count). The number of hydrogen-bond acceptors (Lipinski definition) is 4. The van der Waals surface area contributed by atoms with E-state index in [1.807, 2.05) is 18.2 Å². The molecule has 4 nitrogen and oxygen atoms in total. The SMILES string of the molecule is CC1=CC2C(=C(N3CCCC3)N=C(c3ccccc3O)N2C)C=C1. The summed E-state index contributed by atoms with van der Waals surface area (Å²) in [6.07, 6.45) is 9.08. The number of nitrogens with zero attached hydrogens (tertiary/aromatic N) is 3. The Hall–Kier alpha value is -2.49. The van der Waals surface area contributed by atoms with Gasteiger partial charge in [-0.2, -0.15) is 0 Å². The maximum Gasteiger partial charge on any atom is 0.142 e. The van der Waals surface area contributed by atoms with Crippen molar-refractivity contribution in [2.75, 3.05) is 20.1 Å². The summed E-state index contributed by atoms with van der Waals surface area (Å²) < 4.78 is 0. The average Bonchev–Trinajstić information content (AvgIpc) is 3.11. The lowest BCUT2D eigenvalue weighted by Gasteiger charge is -2.38. The molecular weight excluding hydrogens is 298 g/mol. The van der Waals surface area contributed by atoms with E-state index in [4.69, 9.17) is 4.99 Å². The summed E-state index contributed by atoms with van der Waals surface area (Å²) in [6, 6.07) is 7.62. The summed E-state index contributed by atoms with van der Waals surface area (Å²) in [7, 11) is 2.06. The van der Waals surface area contributed by atoms with Crippen molar-refractivity contribution >= 4 is 5.84 Å². The van der Waals surface area contributed by atoms with Crippen LogP contribution in [0, 0.1) is 0 Å². The van der Waals surface area contributed by atoms with Crippen molar-refractivity contribution in [1.29, 1.82) is 0 Å². The summed E-state index contributed by atoms with van der Waals surface area (Å²) in [4.78, 5) is 9.54. The second kappa shape index (κ2) is 5.86. The Morgan fingerprint density at radius 2 is 1.88 bits per heavy atom. The first-order chi connectivity index (χ1) is 11.6. The number of fused-ring (bicyclic) bond motifs is 1. The topological polar surface area (TPSA) is 39.1 Å². The van der Waals surface area contributed by atoms with Gasteiger partial charge in [0, 0.05) is 25.7 Å². The van der Waals surface area contributed by atoms with Crippen LogP contribution in [-0.2, 0) is 0 Å². The van der Waals surface area contributed by atoms with Crippen molar-refractivity contribution in [3.63, 3.8) is 0 Å². The number of likely N-dealkylation sites (tertiary alicyclic amines) is 1. The van der Waals surface area contributed by atoms with E-state index in [0.29, 0.717) is 0 Å². The normalized spacial score (nSPS) is 23.3. The number of aromatic hydroxyl groups is 1. The minimum absolute atomic E-state index is 0.165. The maximum atomic E-state index is 10.3. The number of hydrogen-bond donors (Lipinski definition) is 1. The highest BCUT2D eigenvalue weighted by molar-refractivity contribution is 6.02. The van der Waals surface area contributed by atoms with E-state index < -0.39 is 0 Å². The molecule has 1 N–H and O–H groups in total. The molecule has 1 aromatic carbocycles. The van der Waals surface area contributed by atoms with Gasteiger partial charge in [-0.05, 0) is 31.9 Å². The molecular formula is C20H23N3O. The van der Waals surface area contributed by atoms with Crippen LogP contribution in [-0.4, -0.2) is 46.9 Å². The van der Waals surface area contributed by atoms with Crippen molar-refractivity contribution in [2.45, 2.75) is 25.8 Å². The van der Waals surface area contributed by atoms with Crippen LogP contribution in [0.3, 0.4) is 0 Å². The summed E-state index contributed by atoms with van der Waals surface area (Å²) in [5, 5.41) is 10.3. The number of benzene rings is 1. The Morgan fingerprint density at radius 1 is 1.12 bits per heavy atom. The van der Waals surface area contributed by atoms with Crippen molar-refractivity contribution < 1.29 is 5.11 Å². The number of rotatable bonds is 2. The number of phenols is 1. The van der Waals surface area contributed by atoms with E-state index in [2.05, 4.69) is 42.0 Å². The number of likely N-dealkylation sites (N-methyl/N-ethyl adjacent to an activating group) is 1. The van der Waals surface area contributed by atoms with E-state index in [1.165, 1.54) is 24.0 Å². The van der Waals surface area contributed by atoms with Crippen LogP contribution in [0.4, 0.5) is 0 Å². The molecule has 3 aliphatic rings. The third-order valence-electron chi connectivity index (χ3n) is 5.04. The molecule has 1 fully saturated rings. The molecule has 0 amide bonds. The van der Waals surface area contributed by atoms with Gasteiger partial charge in [-0.1, -0.05) is 35.9 Å². The zero-order valence-electron chi connectivity index (χ0n) is 14.2. The monoisotopic (exact) mass is 321 g/mol. The lowest BCUT2D eigenvalue weighted by atomic mass is 9.94. The highest BCUT2D eigenvalue weighted by Gasteiger charge is 2.32. The predicted molar refractivity (Wildman–Crippen MR) is 96.9 cm³/mol. The van der Waals surface area contributed by atoms with E-state index in [-0.39, 0.29) is 11.8 Å². The summed E-state index contributed by atoms with van der Waals surface area (Å²) >= 11 is 0. The lowest BCUT2D eigenvalue weighted by molar-refractivity contribution is 0.381. The molecule has 0 spiro atoms. The van der Waals surface area contributed by atoms with Gasteiger partial charge in [0.1, 0.15) is 17.4 Å². The molecule has 2 aliphatic heterocycles. The van der Waals surface area contributed by atoms with Gasteiger partial charge in [-0.3, -0.25) is 0 Å². The maximum absolute atomic E-state index is 10.3. The molecule has 24 heavy (non-hydrogen) atoms. The number of amidine groups is 1. The van der Waals surface area contributed by atoms with E-state index >= 15 is 0 Å². The van der Waals surface area contributed by atoms with Crippen LogP contribution < -0.4 is 0 Å². The zero-order chi connectivity index (χ0) is 16.7. The minimum Gasteiger partial charge on any atom is -0.507 e. The van der Waals surface area contributed by atoms with Gasteiger partial charge in [-0.25, -0.2) is 4.99 Å². The molecule has 0 saturated carbocycles. The van der Waals surface area contributed by atoms with Gasteiger partial charge in [0.05, 0.1) is 11.6 Å². The van der Waals surface area contributed by atoms with Crippen LogP contribution in [0.1, 0.15) is 25.3 Å². The van der Waals surface area contributed by atoms with E-state index in [1.54, 1.807) is 6.07 Å². The molecule has 1 saturated heterocycles. The molecule has 2 heterocycles. The fraction of sp³-hybridized carbons (Fsp3) is 0.350. The minimum atomic E-state index is 0.165. The third-order valence-corrected chi connectivity index (χ3v) is 5.04. The van der Waals surface area contributed by atoms with Gasteiger partial charge in [0.25, 0.3) is 0 Å². The smallest absolute Gasteiger partial charge is 0.142 e. The molecule has 1 aromatic rings. The Morgan fingerprint density at radius 3 is 2.62 bits per heavy atom. The van der Waals surface area contributed by atoms with Crippen LogP contribution >= 0.6 is 0 Å². The van der Waals surface area contributed by atoms with Crippen LogP contribution in [0.15, 0.2) is 64.5 Å². The van der Waals surface area contributed by atoms with Gasteiger partial charge in [-0.15, -0.1) is 0 Å². The Labute approximate surface area is 143 Å². The largest absolute Gasteiger partial charge is 0.507 e. The fourth-order valence-electron chi connectivity index (χ4n) is 3.71. The summed E-state index contributed by atoms with van der Waals surface area (Å²) in [5.74, 6) is 2.18. The second-order valence-electron chi connectivity index (χ2n) is 6.73.